The molecule has 0 radical (unpaired) electrons. The molecule has 0 aliphatic carbocycles. The van der Waals surface area contributed by atoms with Crippen LogP contribution in [0.15, 0.2) is 55.5 Å². The number of ether oxygens (including phenoxy) is 1. The summed E-state index contributed by atoms with van der Waals surface area (Å²) in [7, 11) is -3.89. The van der Waals surface area contributed by atoms with Crippen molar-refractivity contribution in [3.8, 4) is 0 Å². The molecule has 12 heteroatoms. The molecule has 2 aromatic rings. The van der Waals surface area contributed by atoms with Crippen molar-refractivity contribution in [2.45, 2.75) is 43.5 Å². The molecule has 2 heterocycles. The van der Waals surface area contributed by atoms with Gasteiger partial charge in [-0.3, -0.25) is 9.36 Å². The van der Waals surface area contributed by atoms with E-state index in [0.29, 0.717) is 4.57 Å². The van der Waals surface area contributed by atoms with Gasteiger partial charge in [-0.25, -0.2) is 17.8 Å². The molecule has 3 unspecified atom stereocenters. The average Bonchev–Trinajstić information content (AvgIpc) is 3.14. The first kappa shape index (κ1) is 22.5. The lowest BCUT2D eigenvalue weighted by atomic mass is 10.1. The van der Waals surface area contributed by atoms with Crippen molar-refractivity contribution < 1.29 is 18.3 Å². The quantitative estimate of drug-likeness (QED) is 0.401. The highest BCUT2D eigenvalue weighted by Gasteiger charge is 2.36. The van der Waals surface area contributed by atoms with Crippen molar-refractivity contribution >= 4 is 16.0 Å². The summed E-state index contributed by atoms with van der Waals surface area (Å²) in [6, 6.07) is 5.46. The number of hydrogen-bond acceptors (Lipinski definition) is 7. The molecular formula is C19H21N5O6S. The summed E-state index contributed by atoms with van der Waals surface area (Å²) in [6.45, 7) is 2.88. The second kappa shape index (κ2) is 8.90. The van der Waals surface area contributed by atoms with Crippen LogP contribution in [0.2, 0.25) is 0 Å². The van der Waals surface area contributed by atoms with E-state index in [0.717, 1.165) is 21.7 Å². The largest absolute Gasteiger partial charge is 0.394 e. The number of benzene rings is 1. The average molecular weight is 447 g/mol. The normalized spacial score (nSPS) is 21.3. The second-order valence-corrected chi connectivity index (χ2v) is 8.97. The van der Waals surface area contributed by atoms with Crippen molar-refractivity contribution in [2.75, 3.05) is 6.61 Å². The van der Waals surface area contributed by atoms with Crippen molar-refractivity contribution in [2.24, 2.45) is 5.11 Å². The first-order valence-corrected chi connectivity index (χ1v) is 10.9. The van der Waals surface area contributed by atoms with Gasteiger partial charge in [-0.15, -0.1) is 0 Å². The van der Waals surface area contributed by atoms with Crippen LogP contribution in [0.3, 0.4) is 0 Å². The van der Waals surface area contributed by atoms with Crippen LogP contribution in [-0.4, -0.2) is 41.4 Å². The Kier molecular flexibility index (Phi) is 6.46. The van der Waals surface area contributed by atoms with Crippen LogP contribution in [0, 0.1) is 13.8 Å². The van der Waals surface area contributed by atoms with E-state index >= 15 is 0 Å². The van der Waals surface area contributed by atoms with Crippen LogP contribution in [0.25, 0.3) is 16.6 Å². The van der Waals surface area contributed by atoms with Crippen molar-refractivity contribution in [1.29, 1.82) is 0 Å². The monoisotopic (exact) mass is 447 g/mol. The summed E-state index contributed by atoms with van der Waals surface area (Å²) < 4.78 is 32.5. The van der Waals surface area contributed by atoms with Crippen LogP contribution < -0.4 is 11.2 Å². The van der Waals surface area contributed by atoms with Crippen molar-refractivity contribution in [1.82, 2.24) is 9.13 Å². The molecule has 0 bridgehead atoms. The highest BCUT2D eigenvalue weighted by Crippen LogP contribution is 2.29. The van der Waals surface area contributed by atoms with Crippen LogP contribution in [0.4, 0.5) is 0 Å². The van der Waals surface area contributed by atoms with Gasteiger partial charge < -0.3 is 9.84 Å². The van der Waals surface area contributed by atoms with Gasteiger partial charge in [-0.1, -0.05) is 22.8 Å². The van der Waals surface area contributed by atoms with E-state index in [-0.39, 0.29) is 16.9 Å². The first-order chi connectivity index (χ1) is 14.7. The molecule has 31 heavy (non-hydrogen) atoms. The maximum Gasteiger partial charge on any atom is 0.337 e. The van der Waals surface area contributed by atoms with Crippen LogP contribution in [0.5, 0.6) is 0 Å². The molecule has 0 amide bonds. The molecule has 1 saturated heterocycles. The summed E-state index contributed by atoms with van der Waals surface area (Å²) in [5.74, 6) is 0. The predicted octanol–water partition coefficient (Wildman–Crippen LogP) is 1.49. The van der Waals surface area contributed by atoms with Crippen molar-refractivity contribution in [3.63, 3.8) is 0 Å². The number of aromatic nitrogens is 2. The minimum atomic E-state index is -3.89. The Bertz CT molecular complexity index is 1270. The maximum atomic E-state index is 12.9. The van der Waals surface area contributed by atoms with Crippen molar-refractivity contribution in [3.05, 3.63) is 78.3 Å². The lowest BCUT2D eigenvalue weighted by molar-refractivity contribution is -0.0274. The zero-order valence-electron chi connectivity index (χ0n) is 16.8. The predicted molar refractivity (Wildman–Crippen MR) is 112 cm³/mol. The fourth-order valence-corrected chi connectivity index (χ4v) is 4.20. The van der Waals surface area contributed by atoms with Crippen LogP contribution in [0.1, 0.15) is 23.8 Å². The Morgan fingerprint density at radius 3 is 2.58 bits per heavy atom. The molecule has 1 aromatic heterocycles. The van der Waals surface area contributed by atoms with E-state index in [2.05, 4.69) is 10.0 Å². The highest BCUT2D eigenvalue weighted by atomic mass is 32.2. The maximum absolute atomic E-state index is 12.9. The van der Waals surface area contributed by atoms with E-state index < -0.39 is 46.1 Å². The molecule has 1 aliphatic heterocycles. The second-order valence-electron chi connectivity index (χ2n) is 7.14. The number of azide groups is 1. The van der Waals surface area contributed by atoms with Gasteiger partial charge >= 0.3 is 5.69 Å². The minimum Gasteiger partial charge on any atom is -0.394 e. The topological polar surface area (TPSA) is 156 Å². The van der Waals surface area contributed by atoms with Gasteiger partial charge in [0.15, 0.2) is 0 Å². The summed E-state index contributed by atoms with van der Waals surface area (Å²) >= 11 is 0. The van der Waals surface area contributed by atoms with Gasteiger partial charge in [0, 0.05) is 29.3 Å². The summed E-state index contributed by atoms with van der Waals surface area (Å²) in [6.07, 6.45) is 0.616. The van der Waals surface area contributed by atoms with Gasteiger partial charge in [0.25, 0.3) is 5.56 Å². The Hall–Kier alpha value is -3.18. The molecule has 3 rings (SSSR count). The van der Waals surface area contributed by atoms with Crippen LogP contribution >= 0.6 is 0 Å². The molecule has 11 nitrogen and oxygen atoms in total. The Morgan fingerprint density at radius 2 is 1.97 bits per heavy atom. The Balaban J connectivity index is 2.01. The molecule has 0 saturated carbocycles. The highest BCUT2D eigenvalue weighted by molar-refractivity contribution is 7.94. The molecular weight excluding hydrogens is 426 g/mol. The van der Waals surface area contributed by atoms with Gasteiger partial charge in [-0.05, 0) is 31.5 Å². The van der Waals surface area contributed by atoms with E-state index in [1.165, 1.54) is 25.3 Å². The lowest BCUT2D eigenvalue weighted by Gasteiger charge is -2.16. The van der Waals surface area contributed by atoms with Gasteiger partial charge in [-0.2, -0.15) is 0 Å². The molecule has 164 valence electrons. The molecule has 1 aromatic carbocycles. The first-order valence-electron chi connectivity index (χ1n) is 9.32. The third kappa shape index (κ3) is 4.62. The SMILES string of the molecule is Cc1ccc(S(=O)(=O)/C=C/n2c(=O)c(C)cn(C3CC(N=[N+]=[N-])C(CO)O3)c2=O)cc1. The zero-order valence-corrected chi connectivity index (χ0v) is 17.6. The molecule has 1 aliphatic rings. The fourth-order valence-electron chi connectivity index (χ4n) is 3.24. The Labute approximate surface area is 177 Å². The summed E-state index contributed by atoms with van der Waals surface area (Å²) in [5, 5.41) is 13.8. The summed E-state index contributed by atoms with van der Waals surface area (Å²) in [5.41, 5.74) is 8.23. The minimum absolute atomic E-state index is 0.0255. The number of sulfone groups is 1. The smallest absolute Gasteiger partial charge is 0.337 e. The van der Waals surface area contributed by atoms with Gasteiger partial charge in [0.05, 0.1) is 29.1 Å². The molecule has 1 fully saturated rings. The van der Waals surface area contributed by atoms with Gasteiger partial charge in [0.1, 0.15) is 6.23 Å². The third-order valence-electron chi connectivity index (χ3n) is 4.95. The van der Waals surface area contributed by atoms with Gasteiger partial charge in [0.2, 0.25) is 9.84 Å². The van der Waals surface area contributed by atoms with E-state index in [1.54, 1.807) is 12.1 Å². The van der Waals surface area contributed by atoms with E-state index in [9.17, 15) is 23.1 Å². The number of hydrogen-bond donors (Lipinski definition) is 1. The molecule has 0 spiro atoms. The number of nitrogens with zero attached hydrogens (tertiary/aromatic N) is 5. The number of rotatable bonds is 6. The zero-order chi connectivity index (χ0) is 22.8. The third-order valence-corrected chi connectivity index (χ3v) is 6.36. The van der Waals surface area contributed by atoms with E-state index in [4.69, 9.17) is 10.3 Å². The number of aliphatic hydroxyl groups is 1. The molecule has 3 atom stereocenters. The lowest BCUT2D eigenvalue weighted by Crippen LogP contribution is -2.39. The fraction of sp³-hybridized carbons (Fsp3) is 0.368. The Morgan fingerprint density at radius 1 is 1.29 bits per heavy atom. The standard InChI is InChI=1S/C19H21N5O6S/c1-12-3-5-14(6-4-12)31(28,29)8-7-23-18(26)13(2)10-24(19(23)27)17-9-15(21-22-20)16(11-25)30-17/h3-8,10,15-17,25H,9,11H2,1-2H3/b8-7+. The molecule has 1 N–H and O–H groups in total. The number of aryl methyl sites for hydroxylation is 2. The van der Waals surface area contributed by atoms with E-state index in [1.807, 2.05) is 6.92 Å². The summed E-state index contributed by atoms with van der Waals surface area (Å²) in [4.78, 5) is 28.2. The number of aliphatic hydroxyl groups excluding tert-OH is 1. The van der Waals surface area contributed by atoms with Crippen LogP contribution in [-0.2, 0) is 14.6 Å².